The molecule has 5 nitrogen and oxygen atoms in total. The molecule has 0 fully saturated rings. The average Bonchev–Trinajstić information content (AvgIpc) is 2.88. The standard InChI is InChI=1S/C16H12Cl3N3O2/c1-3-24-16(23)12-13(19)11-7-20-22(2)15(11)21-14(12)8-4-9(17)6-10(18)5-8/h4-7H,3H2,1-2H3. The number of esters is 1. The summed E-state index contributed by atoms with van der Waals surface area (Å²) in [6, 6.07) is 4.93. The molecule has 1 aromatic carbocycles. The van der Waals surface area contributed by atoms with Gasteiger partial charge in [-0.2, -0.15) is 5.10 Å². The number of nitrogens with zero attached hydrogens (tertiary/aromatic N) is 3. The first kappa shape index (κ1) is 17.0. The molecule has 0 amide bonds. The predicted molar refractivity (Wildman–Crippen MR) is 94.9 cm³/mol. The minimum absolute atomic E-state index is 0.164. The fraction of sp³-hybridized carbons (Fsp3) is 0.188. The molecule has 124 valence electrons. The van der Waals surface area contributed by atoms with Crippen LogP contribution >= 0.6 is 34.8 Å². The summed E-state index contributed by atoms with van der Waals surface area (Å²) >= 11 is 18.6. The molecule has 2 heterocycles. The van der Waals surface area contributed by atoms with Crippen molar-refractivity contribution < 1.29 is 9.53 Å². The molecule has 2 aromatic heterocycles. The SMILES string of the molecule is CCOC(=O)c1c(-c2cc(Cl)cc(Cl)c2)nc2c(cnn2C)c1Cl. The summed E-state index contributed by atoms with van der Waals surface area (Å²) in [6.45, 7) is 1.94. The molecule has 0 aliphatic heterocycles. The summed E-state index contributed by atoms with van der Waals surface area (Å²) in [6.07, 6.45) is 1.56. The Bertz CT molecular complexity index is 933. The number of aryl methyl sites for hydroxylation is 1. The van der Waals surface area contributed by atoms with Crippen LogP contribution in [0.5, 0.6) is 0 Å². The second kappa shape index (κ2) is 6.59. The zero-order chi connectivity index (χ0) is 17.4. The van der Waals surface area contributed by atoms with E-state index in [1.165, 1.54) is 0 Å². The first-order valence-corrected chi connectivity index (χ1v) is 8.20. The first-order valence-electron chi connectivity index (χ1n) is 7.07. The van der Waals surface area contributed by atoms with Crippen LogP contribution in [0.3, 0.4) is 0 Å². The van der Waals surface area contributed by atoms with Crippen molar-refractivity contribution in [1.82, 2.24) is 14.8 Å². The number of carbonyl (C=O) groups excluding carboxylic acids is 1. The Morgan fingerprint density at radius 2 is 1.88 bits per heavy atom. The maximum Gasteiger partial charge on any atom is 0.341 e. The van der Waals surface area contributed by atoms with Gasteiger partial charge in [0.1, 0.15) is 5.56 Å². The van der Waals surface area contributed by atoms with Crippen LogP contribution in [0.2, 0.25) is 15.1 Å². The Balaban J connectivity index is 2.37. The van der Waals surface area contributed by atoms with Gasteiger partial charge in [-0.3, -0.25) is 4.68 Å². The van der Waals surface area contributed by atoms with Crippen LogP contribution in [-0.4, -0.2) is 27.3 Å². The molecule has 0 aliphatic carbocycles. The van der Waals surface area contributed by atoms with Gasteiger partial charge < -0.3 is 4.74 Å². The summed E-state index contributed by atoms with van der Waals surface area (Å²) in [5.41, 5.74) is 1.62. The van der Waals surface area contributed by atoms with E-state index < -0.39 is 5.97 Å². The number of rotatable bonds is 3. The van der Waals surface area contributed by atoms with Crippen molar-refractivity contribution >= 4 is 51.8 Å². The summed E-state index contributed by atoms with van der Waals surface area (Å²) in [7, 11) is 1.74. The summed E-state index contributed by atoms with van der Waals surface area (Å²) in [5, 5.41) is 5.79. The maximum atomic E-state index is 12.4. The molecule has 0 aliphatic rings. The number of halogens is 3. The topological polar surface area (TPSA) is 57.0 Å². The number of carbonyl (C=O) groups is 1. The quantitative estimate of drug-likeness (QED) is 0.610. The van der Waals surface area contributed by atoms with Gasteiger partial charge in [-0.1, -0.05) is 34.8 Å². The largest absolute Gasteiger partial charge is 0.462 e. The number of hydrogen-bond donors (Lipinski definition) is 0. The Labute approximate surface area is 153 Å². The highest BCUT2D eigenvalue weighted by Gasteiger charge is 2.24. The van der Waals surface area contributed by atoms with E-state index in [-0.39, 0.29) is 17.2 Å². The third-order valence-electron chi connectivity index (χ3n) is 3.43. The molecule has 0 spiro atoms. The van der Waals surface area contributed by atoms with E-state index in [0.29, 0.717) is 32.3 Å². The number of ether oxygens (including phenoxy) is 1. The van der Waals surface area contributed by atoms with E-state index in [1.54, 1.807) is 43.0 Å². The van der Waals surface area contributed by atoms with E-state index in [4.69, 9.17) is 39.5 Å². The minimum Gasteiger partial charge on any atom is -0.462 e. The lowest BCUT2D eigenvalue weighted by molar-refractivity contribution is 0.0527. The number of benzene rings is 1. The number of fused-ring (bicyclic) bond motifs is 1. The third kappa shape index (κ3) is 2.95. The number of pyridine rings is 1. The summed E-state index contributed by atoms with van der Waals surface area (Å²) < 4.78 is 6.71. The lowest BCUT2D eigenvalue weighted by atomic mass is 10.0. The highest BCUT2D eigenvalue weighted by Crippen LogP contribution is 2.35. The molecule has 3 rings (SSSR count). The van der Waals surface area contributed by atoms with Crippen LogP contribution in [0.15, 0.2) is 24.4 Å². The van der Waals surface area contributed by atoms with Crippen molar-refractivity contribution in [3.8, 4) is 11.3 Å². The van der Waals surface area contributed by atoms with Crippen LogP contribution < -0.4 is 0 Å². The van der Waals surface area contributed by atoms with Gasteiger partial charge in [-0.15, -0.1) is 0 Å². The van der Waals surface area contributed by atoms with Gasteiger partial charge in [0.2, 0.25) is 0 Å². The van der Waals surface area contributed by atoms with Crippen LogP contribution in [0, 0.1) is 0 Å². The molecule has 0 atom stereocenters. The van der Waals surface area contributed by atoms with Gasteiger partial charge in [0.05, 0.1) is 28.9 Å². The van der Waals surface area contributed by atoms with Crippen LogP contribution in [0.25, 0.3) is 22.3 Å². The zero-order valence-electron chi connectivity index (χ0n) is 12.8. The van der Waals surface area contributed by atoms with Gasteiger partial charge in [0, 0.05) is 22.7 Å². The van der Waals surface area contributed by atoms with Crippen molar-refractivity contribution in [3.05, 3.63) is 45.0 Å². The fourth-order valence-corrected chi connectivity index (χ4v) is 3.23. The summed E-state index contributed by atoms with van der Waals surface area (Å²) in [5.74, 6) is -0.563. The molecular weight excluding hydrogens is 373 g/mol. The fourth-order valence-electron chi connectivity index (χ4n) is 2.41. The highest BCUT2D eigenvalue weighted by molar-refractivity contribution is 6.39. The van der Waals surface area contributed by atoms with Crippen molar-refractivity contribution in [1.29, 1.82) is 0 Å². The predicted octanol–water partition coefficient (Wildman–Crippen LogP) is 4.77. The van der Waals surface area contributed by atoms with E-state index >= 15 is 0 Å². The van der Waals surface area contributed by atoms with E-state index in [1.807, 2.05) is 0 Å². The lowest BCUT2D eigenvalue weighted by Gasteiger charge is -2.12. The Kier molecular flexibility index (Phi) is 4.67. The zero-order valence-corrected chi connectivity index (χ0v) is 15.1. The smallest absolute Gasteiger partial charge is 0.341 e. The van der Waals surface area contributed by atoms with Crippen molar-refractivity contribution in [2.45, 2.75) is 6.92 Å². The molecule has 0 saturated carbocycles. The van der Waals surface area contributed by atoms with Crippen LogP contribution in [0.4, 0.5) is 0 Å². The van der Waals surface area contributed by atoms with Crippen LogP contribution in [0.1, 0.15) is 17.3 Å². The second-order valence-electron chi connectivity index (χ2n) is 5.03. The Morgan fingerprint density at radius 1 is 1.21 bits per heavy atom. The number of aromatic nitrogens is 3. The third-order valence-corrected chi connectivity index (χ3v) is 4.26. The molecule has 0 N–H and O–H groups in total. The van der Waals surface area contributed by atoms with Crippen molar-refractivity contribution in [2.24, 2.45) is 7.05 Å². The average molecular weight is 385 g/mol. The molecule has 0 unspecified atom stereocenters. The van der Waals surface area contributed by atoms with E-state index in [9.17, 15) is 4.79 Å². The van der Waals surface area contributed by atoms with E-state index in [2.05, 4.69) is 10.1 Å². The van der Waals surface area contributed by atoms with Gasteiger partial charge in [0.15, 0.2) is 5.65 Å². The molecular formula is C16H12Cl3N3O2. The van der Waals surface area contributed by atoms with Gasteiger partial charge in [0.25, 0.3) is 0 Å². The molecule has 24 heavy (non-hydrogen) atoms. The van der Waals surface area contributed by atoms with Crippen molar-refractivity contribution in [2.75, 3.05) is 6.61 Å². The number of hydrogen-bond acceptors (Lipinski definition) is 4. The van der Waals surface area contributed by atoms with Crippen LogP contribution in [-0.2, 0) is 11.8 Å². The molecule has 3 aromatic rings. The molecule has 8 heteroatoms. The van der Waals surface area contributed by atoms with Gasteiger partial charge in [-0.25, -0.2) is 9.78 Å². The van der Waals surface area contributed by atoms with Gasteiger partial charge in [-0.05, 0) is 25.1 Å². The molecule has 0 bridgehead atoms. The van der Waals surface area contributed by atoms with E-state index in [0.717, 1.165) is 0 Å². The molecule has 0 radical (unpaired) electrons. The maximum absolute atomic E-state index is 12.4. The minimum atomic E-state index is -0.563. The lowest BCUT2D eigenvalue weighted by Crippen LogP contribution is -2.09. The monoisotopic (exact) mass is 383 g/mol. The van der Waals surface area contributed by atoms with Gasteiger partial charge >= 0.3 is 5.97 Å². The first-order chi connectivity index (χ1) is 11.4. The van der Waals surface area contributed by atoms with Crippen molar-refractivity contribution in [3.63, 3.8) is 0 Å². The summed E-state index contributed by atoms with van der Waals surface area (Å²) in [4.78, 5) is 17.0. The molecule has 0 saturated heterocycles. The highest BCUT2D eigenvalue weighted by atomic mass is 35.5. The Morgan fingerprint density at radius 3 is 2.50 bits per heavy atom. The second-order valence-corrected chi connectivity index (χ2v) is 6.28. The Hall–Kier alpha value is -1.82. The normalized spacial score (nSPS) is 11.0.